The van der Waals surface area contributed by atoms with E-state index in [4.69, 9.17) is 0 Å². The molecule has 0 spiro atoms. The third-order valence-electron chi connectivity index (χ3n) is 4.08. The highest BCUT2D eigenvalue weighted by Crippen LogP contribution is 2.36. The van der Waals surface area contributed by atoms with Crippen LogP contribution < -0.4 is 0 Å². The number of imidazole rings is 1. The Bertz CT molecular complexity index is 742. The number of rotatable bonds is 3. The molecule has 0 amide bonds. The predicted octanol–water partition coefficient (Wildman–Crippen LogP) is 3.70. The second-order valence-electron chi connectivity index (χ2n) is 5.38. The van der Waals surface area contributed by atoms with E-state index >= 15 is 0 Å². The molecule has 2 heteroatoms. The Morgan fingerprint density at radius 1 is 1.00 bits per heavy atom. The molecule has 98 valence electrons. The lowest BCUT2D eigenvalue weighted by molar-refractivity contribution is 0.695. The Balaban J connectivity index is 1.59. The van der Waals surface area contributed by atoms with Crippen LogP contribution in [0.2, 0.25) is 0 Å². The maximum atomic E-state index is 4.08. The molecule has 1 heterocycles. The molecule has 0 fully saturated rings. The number of aryl methyl sites for hydroxylation is 2. The van der Waals surface area contributed by atoms with Crippen LogP contribution in [0.25, 0.3) is 11.1 Å². The van der Waals surface area contributed by atoms with Crippen molar-refractivity contribution in [1.82, 2.24) is 9.55 Å². The zero-order chi connectivity index (χ0) is 13.4. The van der Waals surface area contributed by atoms with Crippen LogP contribution in [0.3, 0.4) is 0 Å². The van der Waals surface area contributed by atoms with Gasteiger partial charge in [0.1, 0.15) is 0 Å². The van der Waals surface area contributed by atoms with Crippen molar-refractivity contribution in [2.24, 2.45) is 0 Å². The molecule has 2 nitrogen and oxygen atoms in total. The van der Waals surface area contributed by atoms with Crippen LogP contribution in [0.15, 0.2) is 61.2 Å². The van der Waals surface area contributed by atoms with Gasteiger partial charge >= 0.3 is 0 Å². The largest absolute Gasteiger partial charge is 0.337 e. The van der Waals surface area contributed by atoms with E-state index in [1.54, 1.807) is 0 Å². The normalized spacial score (nSPS) is 12.2. The summed E-state index contributed by atoms with van der Waals surface area (Å²) in [4.78, 5) is 4.08. The van der Waals surface area contributed by atoms with Gasteiger partial charge in [-0.1, -0.05) is 42.5 Å². The van der Waals surface area contributed by atoms with E-state index in [2.05, 4.69) is 52.0 Å². The van der Waals surface area contributed by atoms with Crippen molar-refractivity contribution in [2.75, 3.05) is 0 Å². The Labute approximate surface area is 118 Å². The monoisotopic (exact) mass is 260 g/mol. The van der Waals surface area contributed by atoms with Gasteiger partial charge < -0.3 is 4.57 Å². The zero-order valence-corrected chi connectivity index (χ0v) is 11.3. The van der Waals surface area contributed by atoms with E-state index in [1.807, 2.05) is 18.7 Å². The van der Waals surface area contributed by atoms with Gasteiger partial charge in [-0.15, -0.1) is 0 Å². The highest BCUT2D eigenvalue weighted by molar-refractivity contribution is 5.76. The van der Waals surface area contributed by atoms with Gasteiger partial charge in [0, 0.05) is 18.9 Å². The Morgan fingerprint density at radius 3 is 2.80 bits per heavy atom. The first-order valence-electron chi connectivity index (χ1n) is 7.06. The number of fused-ring (bicyclic) bond motifs is 3. The maximum Gasteiger partial charge on any atom is 0.0946 e. The Hall–Kier alpha value is -2.35. The first-order chi connectivity index (χ1) is 9.90. The van der Waals surface area contributed by atoms with Crippen molar-refractivity contribution in [3.63, 3.8) is 0 Å². The second kappa shape index (κ2) is 4.64. The van der Waals surface area contributed by atoms with Crippen LogP contribution >= 0.6 is 0 Å². The molecule has 0 saturated heterocycles. The first kappa shape index (κ1) is 11.5. The van der Waals surface area contributed by atoms with Gasteiger partial charge in [-0.2, -0.15) is 0 Å². The van der Waals surface area contributed by atoms with Gasteiger partial charge in [0.05, 0.1) is 6.33 Å². The van der Waals surface area contributed by atoms with E-state index in [-0.39, 0.29) is 0 Å². The summed E-state index contributed by atoms with van der Waals surface area (Å²) in [6.07, 6.45) is 7.86. The van der Waals surface area contributed by atoms with E-state index in [9.17, 15) is 0 Å². The molecule has 1 aliphatic rings. The summed E-state index contributed by atoms with van der Waals surface area (Å²) in [5, 5.41) is 0. The minimum atomic E-state index is 0.992. The molecule has 0 saturated carbocycles. The van der Waals surface area contributed by atoms with Crippen molar-refractivity contribution in [1.29, 1.82) is 0 Å². The molecular formula is C18H16N2. The summed E-state index contributed by atoms with van der Waals surface area (Å²) in [5.74, 6) is 0. The van der Waals surface area contributed by atoms with E-state index in [1.165, 1.54) is 27.8 Å². The van der Waals surface area contributed by atoms with Gasteiger partial charge in [0.25, 0.3) is 0 Å². The molecule has 2 aromatic carbocycles. The summed E-state index contributed by atoms with van der Waals surface area (Å²) in [6.45, 7) is 0.992. The van der Waals surface area contributed by atoms with E-state index in [0.29, 0.717) is 0 Å². The molecule has 0 radical (unpaired) electrons. The van der Waals surface area contributed by atoms with Crippen molar-refractivity contribution in [2.45, 2.75) is 19.4 Å². The van der Waals surface area contributed by atoms with Gasteiger partial charge in [0.2, 0.25) is 0 Å². The van der Waals surface area contributed by atoms with Crippen molar-refractivity contribution >= 4 is 0 Å². The van der Waals surface area contributed by atoms with Crippen LogP contribution in [-0.4, -0.2) is 9.55 Å². The topological polar surface area (TPSA) is 17.8 Å². The molecule has 1 aliphatic carbocycles. The highest BCUT2D eigenvalue weighted by atomic mass is 15.0. The number of aromatic nitrogens is 2. The summed E-state index contributed by atoms with van der Waals surface area (Å²) in [7, 11) is 0. The third-order valence-corrected chi connectivity index (χ3v) is 4.08. The van der Waals surface area contributed by atoms with E-state index in [0.717, 1.165) is 19.4 Å². The standard InChI is InChI=1S/C18H16N2/c1-2-4-17-15(3-1)12-16-11-14(5-6-18(16)17)7-9-20-10-8-19-13-20/h1-6,8,10-11,13H,7,9,12H2. The number of hydrogen-bond donors (Lipinski definition) is 0. The molecule has 1 aromatic heterocycles. The van der Waals surface area contributed by atoms with Gasteiger partial charge in [-0.3, -0.25) is 0 Å². The molecule has 0 unspecified atom stereocenters. The van der Waals surface area contributed by atoms with Crippen molar-refractivity contribution < 1.29 is 0 Å². The fourth-order valence-corrected chi connectivity index (χ4v) is 3.03. The average molecular weight is 260 g/mol. The molecule has 20 heavy (non-hydrogen) atoms. The summed E-state index contributed by atoms with van der Waals surface area (Å²) in [6, 6.07) is 15.6. The Kier molecular flexibility index (Phi) is 2.66. The molecule has 0 atom stereocenters. The zero-order valence-electron chi connectivity index (χ0n) is 11.3. The van der Waals surface area contributed by atoms with Crippen LogP contribution in [0, 0.1) is 0 Å². The lowest BCUT2D eigenvalue weighted by atomic mass is 10.0. The minimum absolute atomic E-state index is 0.992. The average Bonchev–Trinajstić information content (AvgIpc) is 3.12. The van der Waals surface area contributed by atoms with Crippen molar-refractivity contribution in [3.05, 3.63) is 77.9 Å². The molecule has 3 aromatic rings. The van der Waals surface area contributed by atoms with Crippen LogP contribution in [0.4, 0.5) is 0 Å². The number of benzene rings is 2. The number of hydrogen-bond acceptors (Lipinski definition) is 1. The molecule has 0 aliphatic heterocycles. The van der Waals surface area contributed by atoms with Gasteiger partial charge in [-0.05, 0) is 40.7 Å². The minimum Gasteiger partial charge on any atom is -0.337 e. The van der Waals surface area contributed by atoms with E-state index < -0.39 is 0 Å². The van der Waals surface area contributed by atoms with Crippen LogP contribution in [0.5, 0.6) is 0 Å². The lowest BCUT2D eigenvalue weighted by Crippen LogP contribution is -1.99. The summed E-state index contributed by atoms with van der Waals surface area (Å²) < 4.78 is 2.13. The van der Waals surface area contributed by atoms with Crippen LogP contribution in [-0.2, 0) is 19.4 Å². The van der Waals surface area contributed by atoms with Crippen LogP contribution in [0.1, 0.15) is 16.7 Å². The third kappa shape index (κ3) is 1.94. The SMILES string of the molecule is c1ccc2c(c1)Cc1cc(CCn3ccnc3)ccc1-2. The molecule has 0 N–H and O–H groups in total. The van der Waals surface area contributed by atoms with Gasteiger partial charge in [-0.25, -0.2) is 4.98 Å². The fourth-order valence-electron chi connectivity index (χ4n) is 3.03. The Morgan fingerprint density at radius 2 is 1.90 bits per heavy atom. The smallest absolute Gasteiger partial charge is 0.0946 e. The molecule has 4 rings (SSSR count). The predicted molar refractivity (Wildman–Crippen MR) is 80.6 cm³/mol. The lowest BCUT2D eigenvalue weighted by Gasteiger charge is -2.06. The maximum absolute atomic E-state index is 4.08. The summed E-state index contributed by atoms with van der Waals surface area (Å²) >= 11 is 0. The van der Waals surface area contributed by atoms with Crippen molar-refractivity contribution in [3.8, 4) is 11.1 Å². The molecule has 0 bridgehead atoms. The molecular weight excluding hydrogens is 244 g/mol. The summed E-state index contributed by atoms with van der Waals surface area (Å²) in [5.41, 5.74) is 7.14. The van der Waals surface area contributed by atoms with Gasteiger partial charge in [0.15, 0.2) is 0 Å². The first-order valence-corrected chi connectivity index (χ1v) is 7.06. The highest BCUT2D eigenvalue weighted by Gasteiger charge is 2.17. The quantitative estimate of drug-likeness (QED) is 0.549. The fraction of sp³-hybridized carbons (Fsp3) is 0.167. The second-order valence-corrected chi connectivity index (χ2v) is 5.38. The number of nitrogens with zero attached hydrogens (tertiary/aromatic N) is 2.